The van der Waals surface area contributed by atoms with E-state index in [4.69, 9.17) is 11.6 Å². The highest BCUT2D eigenvalue weighted by molar-refractivity contribution is 7.18. The number of rotatable bonds is 5. The summed E-state index contributed by atoms with van der Waals surface area (Å²) in [7, 11) is 0. The number of carbonyl (C=O) groups is 1. The van der Waals surface area contributed by atoms with Gasteiger partial charge in [0.05, 0.1) is 5.39 Å². The molecule has 2 aromatic heterocycles. The summed E-state index contributed by atoms with van der Waals surface area (Å²) >= 11 is 7.73. The third kappa shape index (κ3) is 3.98. The number of hydrogen-bond acceptors (Lipinski definition) is 4. The highest BCUT2D eigenvalue weighted by Crippen LogP contribution is 2.35. The molecule has 0 radical (unpaired) electrons. The molecule has 1 unspecified atom stereocenters. The SMILES string of the molecule is CC1CCc2c(sc3nc(CCC(=O)NCc4ccccc4Cl)[nH]c(=O)c23)C1. The van der Waals surface area contributed by atoms with E-state index in [1.807, 2.05) is 18.2 Å². The smallest absolute Gasteiger partial charge is 0.259 e. The number of amides is 1. The van der Waals surface area contributed by atoms with Crippen LogP contribution < -0.4 is 10.9 Å². The van der Waals surface area contributed by atoms with Crippen molar-refractivity contribution in [3.63, 3.8) is 0 Å². The van der Waals surface area contributed by atoms with Crippen LogP contribution in [0.2, 0.25) is 5.02 Å². The van der Waals surface area contributed by atoms with Crippen molar-refractivity contribution in [2.75, 3.05) is 0 Å². The molecule has 7 heteroatoms. The summed E-state index contributed by atoms with van der Waals surface area (Å²) in [5.74, 6) is 1.12. The van der Waals surface area contributed by atoms with E-state index in [0.717, 1.165) is 35.0 Å². The molecule has 2 heterocycles. The van der Waals surface area contributed by atoms with Crippen LogP contribution in [0, 0.1) is 5.92 Å². The van der Waals surface area contributed by atoms with Gasteiger partial charge in [0.25, 0.3) is 5.56 Å². The average molecular weight is 416 g/mol. The second kappa shape index (κ2) is 8.05. The quantitative estimate of drug-likeness (QED) is 0.661. The van der Waals surface area contributed by atoms with Crippen molar-refractivity contribution in [3.8, 4) is 0 Å². The lowest BCUT2D eigenvalue weighted by Crippen LogP contribution is -2.24. The summed E-state index contributed by atoms with van der Waals surface area (Å²) in [6, 6.07) is 7.43. The number of aromatic nitrogens is 2. The minimum absolute atomic E-state index is 0.0801. The summed E-state index contributed by atoms with van der Waals surface area (Å²) in [5.41, 5.74) is 1.98. The van der Waals surface area contributed by atoms with E-state index in [-0.39, 0.29) is 17.9 Å². The first kappa shape index (κ1) is 19.2. The zero-order valence-corrected chi connectivity index (χ0v) is 17.3. The van der Waals surface area contributed by atoms with Gasteiger partial charge in [-0.3, -0.25) is 9.59 Å². The Morgan fingerprint density at radius 2 is 2.21 bits per heavy atom. The van der Waals surface area contributed by atoms with Crippen LogP contribution in [0.25, 0.3) is 10.2 Å². The van der Waals surface area contributed by atoms with Gasteiger partial charge in [-0.15, -0.1) is 11.3 Å². The number of nitrogens with one attached hydrogen (secondary N) is 2. The highest BCUT2D eigenvalue weighted by atomic mass is 35.5. The van der Waals surface area contributed by atoms with Gasteiger partial charge in [-0.25, -0.2) is 4.98 Å². The fourth-order valence-electron chi connectivity index (χ4n) is 3.67. The van der Waals surface area contributed by atoms with Crippen molar-refractivity contribution >= 4 is 39.1 Å². The lowest BCUT2D eigenvalue weighted by molar-refractivity contribution is -0.121. The maximum Gasteiger partial charge on any atom is 0.259 e. The highest BCUT2D eigenvalue weighted by Gasteiger charge is 2.23. The Bertz CT molecular complexity index is 1090. The molecule has 1 atom stereocenters. The zero-order valence-electron chi connectivity index (χ0n) is 15.7. The number of nitrogens with zero attached hydrogens (tertiary/aromatic N) is 1. The van der Waals surface area contributed by atoms with Crippen molar-refractivity contribution in [1.29, 1.82) is 0 Å². The van der Waals surface area contributed by atoms with E-state index in [1.165, 1.54) is 10.4 Å². The van der Waals surface area contributed by atoms with E-state index in [2.05, 4.69) is 22.2 Å². The van der Waals surface area contributed by atoms with Gasteiger partial charge in [0.15, 0.2) is 0 Å². The number of aromatic amines is 1. The van der Waals surface area contributed by atoms with Crippen LogP contribution in [0.15, 0.2) is 29.1 Å². The lowest BCUT2D eigenvalue weighted by Gasteiger charge is -2.17. The molecule has 2 N–H and O–H groups in total. The van der Waals surface area contributed by atoms with Gasteiger partial charge in [-0.05, 0) is 42.4 Å². The van der Waals surface area contributed by atoms with Crippen LogP contribution in [0.4, 0.5) is 0 Å². The van der Waals surface area contributed by atoms with Gasteiger partial charge in [-0.2, -0.15) is 0 Å². The van der Waals surface area contributed by atoms with Crippen molar-refractivity contribution in [2.24, 2.45) is 5.92 Å². The Morgan fingerprint density at radius 3 is 3.04 bits per heavy atom. The molecular formula is C21H22ClN3O2S. The topological polar surface area (TPSA) is 74.8 Å². The van der Waals surface area contributed by atoms with Crippen molar-refractivity contribution < 1.29 is 4.79 Å². The van der Waals surface area contributed by atoms with Gasteiger partial charge in [0.1, 0.15) is 10.7 Å². The van der Waals surface area contributed by atoms with Crippen molar-refractivity contribution in [1.82, 2.24) is 15.3 Å². The minimum Gasteiger partial charge on any atom is -0.352 e. The lowest BCUT2D eigenvalue weighted by atomic mass is 9.89. The molecule has 0 aliphatic heterocycles. The molecule has 0 saturated heterocycles. The van der Waals surface area contributed by atoms with E-state index < -0.39 is 0 Å². The average Bonchev–Trinajstić information content (AvgIpc) is 3.03. The summed E-state index contributed by atoms with van der Waals surface area (Å²) < 4.78 is 0. The molecule has 0 saturated carbocycles. The molecule has 5 nitrogen and oxygen atoms in total. The Labute approximate surface area is 172 Å². The second-order valence-corrected chi connectivity index (χ2v) is 8.90. The molecule has 146 valence electrons. The number of halogens is 1. The number of H-pyrrole nitrogens is 1. The first-order chi connectivity index (χ1) is 13.5. The second-order valence-electron chi connectivity index (χ2n) is 7.41. The fraction of sp³-hybridized carbons (Fsp3) is 0.381. The molecule has 0 spiro atoms. The van der Waals surface area contributed by atoms with Crippen LogP contribution in [0.1, 0.15) is 41.6 Å². The van der Waals surface area contributed by atoms with Crippen molar-refractivity contribution in [2.45, 2.75) is 45.6 Å². The number of fused-ring (bicyclic) bond motifs is 3. The number of carbonyl (C=O) groups excluding carboxylic acids is 1. The summed E-state index contributed by atoms with van der Waals surface area (Å²) in [6.07, 6.45) is 3.76. The van der Waals surface area contributed by atoms with Crippen LogP contribution in [-0.2, 0) is 30.6 Å². The molecule has 0 fully saturated rings. The predicted molar refractivity (Wildman–Crippen MR) is 113 cm³/mol. The Morgan fingerprint density at radius 1 is 1.39 bits per heavy atom. The number of aryl methyl sites for hydroxylation is 2. The maximum absolute atomic E-state index is 12.6. The van der Waals surface area contributed by atoms with Crippen LogP contribution in [-0.4, -0.2) is 15.9 Å². The molecule has 1 aliphatic rings. The van der Waals surface area contributed by atoms with Crippen LogP contribution in [0.3, 0.4) is 0 Å². The van der Waals surface area contributed by atoms with Crippen LogP contribution in [0.5, 0.6) is 0 Å². The third-order valence-corrected chi connectivity index (χ3v) is 6.75. The summed E-state index contributed by atoms with van der Waals surface area (Å²) in [4.78, 5) is 34.4. The van der Waals surface area contributed by atoms with E-state index in [9.17, 15) is 9.59 Å². The monoisotopic (exact) mass is 415 g/mol. The third-order valence-electron chi connectivity index (χ3n) is 5.24. The van der Waals surface area contributed by atoms with Gasteiger partial charge in [0, 0.05) is 29.3 Å². The molecule has 1 aromatic carbocycles. The largest absolute Gasteiger partial charge is 0.352 e. The molecule has 3 aromatic rings. The van der Waals surface area contributed by atoms with Gasteiger partial charge in [-0.1, -0.05) is 36.7 Å². The summed E-state index contributed by atoms with van der Waals surface area (Å²) in [6.45, 7) is 2.63. The van der Waals surface area contributed by atoms with E-state index in [1.54, 1.807) is 17.4 Å². The number of thiophene rings is 1. The molecular weight excluding hydrogens is 394 g/mol. The normalized spacial score (nSPS) is 16.1. The first-order valence-electron chi connectivity index (χ1n) is 9.55. The van der Waals surface area contributed by atoms with Crippen molar-refractivity contribution in [3.05, 3.63) is 61.5 Å². The Kier molecular flexibility index (Phi) is 5.51. The Hall–Kier alpha value is -2.18. The number of benzene rings is 1. The maximum atomic E-state index is 12.6. The zero-order chi connectivity index (χ0) is 19.7. The molecule has 28 heavy (non-hydrogen) atoms. The van der Waals surface area contributed by atoms with E-state index in [0.29, 0.717) is 29.7 Å². The first-order valence-corrected chi connectivity index (χ1v) is 10.7. The standard InChI is InChI=1S/C21H22ClN3O2S/c1-12-6-7-14-16(10-12)28-21-19(14)20(27)24-17(25-21)8-9-18(26)23-11-13-4-2-3-5-15(13)22/h2-5,12H,6-11H2,1H3,(H,23,26)(H,24,25,27). The van der Waals surface area contributed by atoms with E-state index >= 15 is 0 Å². The minimum atomic E-state index is -0.0954. The van der Waals surface area contributed by atoms with Gasteiger partial charge < -0.3 is 10.3 Å². The number of hydrogen-bond donors (Lipinski definition) is 2. The van der Waals surface area contributed by atoms with Gasteiger partial charge >= 0.3 is 0 Å². The van der Waals surface area contributed by atoms with Crippen LogP contribution >= 0.6 is 22.9 Å². The molecule has 4 rings (SSSR count). The molecule has 1 amide bonds. The molecule has 1 aliphatic carbocycles. The fourth-order valence-corrected chi connectivity index (χ4v) is 5.27. The summed E-state index contributed by atoms with van der Waals surface area (Å²) in [5, 5.41) is 4.25. The van der Waals surface area contributed by atoms with Gasteiger partial charge in [0.2, 0.25) is 5.91 Å². The Balaban J connectivity index is 1.43. The predicted octanol–water partition coefficient (Wildman–Crippen LogP) is 4.01. The molecule has 0 bridgehead atoms.